The van der Waals surface area contributed by atoms with E-state index in [1.54, 1.807) is 0 Å². The number of benzene rings is 1. The van der Waals surface area contributed by atoms with Crippen LogP contribution in [0.15, 0.2) is 24.3 Å². The Morgan fingerprint density at radius 2 is 2.10 bits per heavy atom. The van der Waals surface area contributed by atoms with Crippen LogP contribution < -0.4 is 4.72 Å². The third-order valence-corrected chi connectivity index (χ3v) is 1.62. The van der Waals surface area contributed by atoms with Gasteiger partial charge in [0.15, 0.2) is 0 Å². The first-order chi connectivity index (χ1) is 4.86. The standard InChI is InChI=1S/C7H5N2.Fe/c1-2-4-7-6(3-1)8-5-9-7;/h1-4H,(H,8,9);. The topological polar surface area (TPSA) is 28.7 Å². The summed E-state index contributed by atoms with van der Waals surface area (Å²) in [4.78, 5) is 7.18. The molecule has 3 heteroatoms. The van der Waals surface area contributed by atoms with E-state index in [1.165, 1.54) is 0 Å². The predicted molar refractivity (Wildman–Crippen MR) is 35.7 cm³/mol. The maximum absolute atomic E-state index is 4.15. The van der Waals surface area contributed by atoms with Gasteiger partial charge in [0, 0.05) is 0 Å². The molecule has 0 radical (unpaired) electrons. The fourth-order valence-electron chi connectivity index (χ4n) is 0.915. The first-order valence-corrected chi connectivity index (χ1v) is 3.50. The van der Waals surface area contributed by atoms with Gasteiger partial charge in [0.25, 0.3) is 0 Å². The number of fused-ring (bicyclic) bond motifs is 1. The molecule has 51 valence electrons. The molecule has 0 fully saturated rings. The van der Waals surface area contributed by atoms with Gasteiger partial charge in [-0.3, -0.25) is 0 Å². The second-order valence-electron chi connectivity index (χ2n) is 2.03. The molecule has 0 aliphatic heterocycles. The molecule has 10 heavy (non-hydrogen) atoms. The summed E-state index contributed by atoms with van der Waals surface area (Å²) in [5.74, 6) is 0. The molecule has 0 unspecified atom stereocenters. The van der Waals surface area contributed by atoms with Crippen LogP contribution in [0.1, 0.15) is 0 Å². The molecule has 2 aromatic rings. The van der Waals surface area contributed by atoms with E-state index in [1.807, 2.05) is 24.3 Å². The van der Waals surface area contributed by atoms with Crippen LogP contribution in [0.4, 0.5) is 0 Å². The number of imidazole rings is 1. The van der Waals surface area contributed by atoms with E-state index >= 15 is 0 Å². The van der Waals surface area contributed by atoms with Gasteiger partial charge in [-0.1, -0.05) is 0 Å². The Bertz CT molecular complexity index is 320. The van der Waals surface area contributed by atoms with E-state index in [0.29, 0.717) is 0 Å². The van der Waals surface area contributed by atoms with Gasteiger partial charge < -0.3 is 0 Å². The van der Waals surface area contributed by atoms with Crippen LogP contribution in [-0.2, 0) is 16.0 Å². The van der Waals surface area contributed by atoms with Crippen LogP contribution in [0.3, 0.4) is 0 Å². The van der Waals surface area contributed by atoms with Gasteiger partial charge in [0.2, 0.25) is 0 Å². The normalized spacial score (nSPS) is 10.5. The molecule has 1 heterocycles. The van der Waals surface area contributed by atoms with Crippen molar-refractivity contribution in [2.45, 2.75) is 0 Å². The second-order valence-corrected chi connectivity index (χ2v) is 2.56. The van der Waals surface area contributed by atoms with Crippen molar-refractivity contribution in [3.63, 3.8) is 0 Å². The fraction of sp³-hybridized carbons (Fsp3) is 0. The van der Waals surface area contributed by atoms with E-state index in [2.05, 4.69) is 26.0 Å². The number of hydrogen-bond acceptors (Lipinski definition) is 1. The van der Waals surface area contributed by atoms with Crippen molar-refractivity contribution in [1.82, 2.24) is 9.97 Å². The van der Waals surface area contributed by atoms with Crippen LogP contribution in [0, 0.1) is 0 Å². The Hall–Kier alpha value is -0.791. The van der Waals surface area contributed by atoms with Gasteiger partial charge in [-0.15, -0.1) is 0 Å². The Kier molecular flexibility index (Phi) is 1.26. The number of aromatic amines is 1. The molecule has 1 N–H and O–H groups in total. The monoisotopic (exact) mass is 173 g/mol. The quantitative estimate of drug-likeness (QED) is 0.584. The number of hydrogen-bond donors (Lipinski definition) is 1. The molecule has 0 bridgehead atoms. The molecule has 2 rings (SSSR count). The average molecular weight is 173 g/mol. The number of aromatic nitrogens is 2. The van der Waals surface area contributed by atoms with Crippen molar-refractivity contribution < 1.29 is 16.0 Å². The van der Waals surface area contributed by atoms with Gasteiger partial charge in [-0.25, -0.2) is 0 Å². The van der Waals surface area contributed by atoms with E-state index in [0.717, 1.165) is 15.8 Å². The molecule has 0 saturated heterocycles. The Morgan fingerprint density at radius 3 is 2.90 bits per heavy atom. The summed E-state index contributed by atoms with van der Waals surface area (Å²) in [7, 11) is 0. The van der Waals surface area contributed by atoms with Gasteiger partial charge >= 0.3 is 66.0 Å². The summed E-state index contributed by atoms with van der Waals surface area (Å²) in [6.07, 6.45) is 0. The first-order valence-electron chi connectivity index (χ1n) is 2.95. The Morgan fingerprint density at radius 1 is 1.30 bits per heavy atom. The molecule has 0 amide bonds. The van der Waals surface area contributed by atoms with Crippen LogP contribution in [-0.4, -0.2) is 9.97 Å². The number of rotatable bonds is 0. The molecule has 1 aromatic heterocycles. The van der Waals surface area contributed by atoms with E-state index in [-0.39, 0.29) is 0 Å². The van der Waals surface area contributed by atoms with Gasteiger partial charge in [-0.2, -0.15) is 0 Å². The van der Waals surface area contributed by atoms with Gasteiger partial charge in [0.1, 0.15) is 0 Å². The minimum atomic E-state index is 0.723. The molecular weight excluding hydrogens is 168 g/mol. The zero-order valence-electron chi connectivity index (χ0n) is 5.11. The summed E-state index contributed by atoms with van der Waals surface area (Å²) in [5, 5.41) is 0. The Balaban J connectivity index is 2.88. The van der Waals surface area contributed by atoms with Crippen molar-refractivity contribution in [3.8, 4) is 0 Å². The van der Waals surface area contributed by atoms with E-state index in [9.17, 15) is 0 Å². The van der Waals surface area contributed by atoms with Crippen molar-refractivity contribution in [2.24, 2.45) is 0 Å². The molecule has 1 aromatic carbocycles. The van der Waals surface area contributed by atoms with Crippen LogP contribution in [0.2, 0.25) is 0 Å². The molecule has 0 atom stereocenters. The van der Waals surface area contributed by atoms with E-state index in [4.69, 9.17) is 0 Å². The molecular formula is C7H5FeN2. The summed E-state index contributed by atoms with van der Waals surface area (Å²) in [6, 6.07) is 7.88. The van der Waals surface area contributed by atoms with Crippen LogP contribution in [0.5, 0.6) is 0 Å². The zero-order valence-corrected chi connectivity index (χ0v) is 6.21. The molecule has 2 nitrogen and oxygen atoms in total. The number of nitrogens with zero attached hydrogens (tertiary/aromatic N) is 1. The first kappa shape index (κ1) is 5.95. The van der Waals surface area contributed by atoms with Crippen molar-refractivity contribution in [2.75, 3.05) is 0 Å². The zero-order chi connectivity index (χ0) is 6.97. The summed E-state index contributed by atoms with van der Waals surface area (Å²) < 4.78 is 0.723. The van der Waals surface area contributed by atoms with E-state index < -0.39 is 0 Å². The summed E-state index contributed by atoms with van der Waals surface area (Å²) >= 11 is 3.69. The fourth-order valence-corrected chi connectivity index (χ4v) is 1.20. The number of H-pyrrole nitrogens is 1. The molecule has 0 saturated carbocycles. The number of para-hydroxylation sites is 2. The van der Waals surface area contributed by atoms with Crippen LogP contribution >= 0.6 is 0 Å². The third kappa shape index (κ3) is 0.838. The molecule has 0 aliphatic rings. The second kappa shape index (κ2) is 2.11. The third-order valence-electron chi connectivity index (χ3n) is 1.35. The summed E-state index contributed by atoms with van der Waals surface area (Å²) in [5.41, 5.74) is 2.03. The predicted octanol–water partition coefficient (Wildman–Crippen LogP) is 0.735. The molecule has 0 aliphatic carbocycles. The van der Waals surface area contributed by atoms with Gasteiger partial charge in [0.05, 0.1) is 0 Å². The van der Waals surface area contributed by atoms with Gasteiger partial charge in [-0.05, 0) is 0 Å². The maximum atomic E-state index is 4.15. The number of nitrogens with one attached hydrogen (secondary N) is 1. The van der Waals surface area contributed by atoms with Crippen molar-refractivity contribution in [1.29, 1.82) is 0 Å². The van der Waals surface area contributed by atoms with Crippen molar-refractivity contribution >= 4 is 15.8 Å². The Labute approximate surface area is 66.5 Å². The SMILES string of the molecule is [Fe][c]1nc2ccccc2[nH]1. The minimum absolute atomic E-state index is 0.723. The average Bonchev–Trinajstić information content (AvgIpc) is 2.27. The van der Waals surface area contributed by atoms with Crippen LogP contribution in [0.25, 0.3) is 11.0 Å². The molecule has 0 spiro atoms. The summed E-state index contributed by atoms with van der Waals surface area (Å²) in [6.45, 7) is 0. The van der Waals surface area contributed by atoms with Crippen molar-refractivity contribution in [3.05, 3.63) is 24.3 Å².